The van der Waals surface area contributed by atoms with Gasteiger partial charge in [-0.2, -0.15) is 0 Å². The summed E-state index contributed by atoms with van der Waals surface area (Å²) >= 11 is 0. The second-order valence-corrected chi connectivity index (χ2v) is 6.63. The fourth-order valence-corrected chi connectivity index (χ4v) is 3.23. The summed E-state index contributed by atoms with van der Waals surface area (Å²) in [6.45, 7) is 8.23. The van der Waals surface area contributed by atoms with Crippen LogP contribution < -0.4 is 5.50 Å². The third kappa shape index (κ3) is 2.35. The Morgan fingerprint density at radius 3 is 2.28 bits per heavy atom. The lowest BCUT2D eigenvalue weighted by Gasteiger charge is -2.46. The maximum absolute atomic E-state index is 6.08. The molecule has 4 unspecified atom stereocenters. The number of methoxy groups -OCH3 is 1. The van der Waals surface area contributed by atoms with Gasteiger partial charge in [0.1, 0.15) is 19.0 Å². The minimum atomic E-state index is -1.48. The molecule has 1 aliphatic rings. The third-order valence-electron chi connectivity index (χ3n) is 4.21. The first-order chi connectivity index (χ1) is 8.14. The van der Waals surface area contributed by atoms with E-state index in [1.54, 1.807) is 7.11 Å². The van der Waals surface area contributed by atoms with E-state index >= 15 is 0 Å². The Morgan fingerprint density at radius 2 is 1.83 bits per heavy atom. The average Bonchev–Trinajstić information content (AvgIpc) is 2.39. The number of hydrogen-bond acceptors (Lipinski definition) is 5. The molecule has 18 heavy (non-hydrogen) atoms. The molecule has 1 aliphatic heterocycles. The van der Waals surface area contributed by atoms with Gasteiger partial charge in [0, 0.05) is 25.6 Å². The number of ether oxygens (including phenoxy) is 2. The predicted octanol–water partition coefficient (Wildman–Crippen LogP) is 1.55. The second-order valence-electron chi connectivity index (χ2n) is 5.52. The molecule has 0 aromatic carbocycles. The quantitative estimate of drug-likeness (QED) is 0.609. The maximum Gasteiger partial charge on any atom is 0.253 e. The Bertz CT molecular complexity index is 307. The summed E-state index contributed by atoms with van der Waals surface area (Å²) < 4.78 is 22.1. The van der Waals surface area contributed by atoms with Crippen molar-refractivity contribution in [3.8, 4) is 0 Å². The van der Waals surface area contributed by atoms with E-state index in [2.05, 4.69) is 0 Å². The van der Waals surface area contributed by atoms with E-state index in [1.165, 1.54) is 7.11 Å². The highest BCUT2D eigenvalue weighted by Gasteiger charge is 2.65. The van der Waals surface area contributed by atoms with Gasteiger partial charge in [0.05, 0.1) is 6.61 Å². The highest BCUT2D eigenvalue weighted by atomic mass is 31.2. The molecule has 1 rings (SSSR count). The summed E-state index contributed by atoms with van der Waals surface area (Å²) in [6.07, 6.45) is 0. The molecule has 1 heterocycles. The summed E-state index contributed by atoms with van der Waals surface area (Å²) in [5.41, 5.74) is 4.01. The van der Waals surface area contributed by atoms with E-state index in [0.717, 1.165) is 0 Å². The van der Waals surface area contributed by atoms with Gasteiger partial charge in [-0.15, -0.1) is 0 Å². The van der Waals surface area contributed by atoms with Crippen LogP contribution in [0.2, 0.25) is 0 Å². The van der Waals surface area contributed by atoms with E-state index in [9.17, 15) is 0 Å². The zero-order valence-corrected chi connectivity index (χ0v) is 12.9. The van der Waals surface area contributed by atoms with Crippen molar-refractivity contribution in [2.75, 3.05) is 20.8 Å². The molecule has 2 N–H and O–H groups in total. The summed E-state index contributed by atoms with van der Waals surface area (Å²) in [5.74, 6) is 0. The molecule has 7 heteroatoms. The molecule has 0 aromatic heterocycles. The molecule has 5 nitrogen and oxygen atoms in total. The molecular weight excluding hydrogens is 252 g/mol. The van der Waals surface area contributed by atoms with E-state index < -0.39 is 31.1 Å². The highest BCUT2D eigenvalue weighted by molar-refractivity contribution is 7.44. The number of rotatable bonds is 5. The van der Waals surface area contributed by atoms with Crippen LogP contribution in [0.5, 0.6) is 0 Å². The van der Waals surface area contributed by atoms with Gasteiger partial charge in [-0.3, -0.25) is 5.50 Å². The minimum absolute atomic E-state index is 0.369. The van der Waals surface area contributed by atoms with E-state index in [4.69, 9.17) is 31.9 Å². The molecule has 0 aliphatic carbocycles. The smallest absolute Gasteiger partial charge is 0.253 e. The normalized spacial score (nSPS) is 40.9. The van der Waals surface area contributed by atoms with Gasteiger partial charge in [-0.25, -0.2) is 0 Å². The van der Waals surface area contributed by atoms with Crippen molar-refractivity contribution in [1.29, 1.82) is 0 Å². The van der Waals surface area contributed by atoms with Gasteiger partial charge >= 0.3 is 0 Å². The zero-order chi connectivity index (χ0) is 14.2. The standard InChI is InChI=1S/C11H23BNO4P/c1-9(2)8(12)16-10(3,7-14-5)11(9,4)17-18(13)15-6/h8H,7,13H2,1-6H3. The van der Waals surface area contributed by atoms with Crippen LogP contribution in [-0.4, -0.2) is 45.9 Å². The van der Waals surface area contributed by atoms with Crippen molar-refractivity contribution in [1.82, 2.24) is 0 Å². The topological polar surface area (TPSA) is 62.9 Å². The molecule has 0 saturated carbocycles. The Hall–Kier alpha value is 0.295. The minimum Gasteiger partial charge on any atom is -0.382 e. The molecule has 1 fully saturated rings. The molecular formula is C11H23BNO4P. The Kier molecular flexibility index (Phi) is 4.86. The molecule has 0 spiro atoms. The predicted molar refractivity (Wildman–Crippen MR) is 72.3 cm³/mol. The Balaban J connectivity index is 3.12. The lowest BCUT2D eigenvalue weighted by atomic mass is 9.63. The van der Waals surface area contributed by atoms with Gasteiger partial charge in [0.25, 0.3) is 8.53 Å². The molecule has 4 atom stereocenters. The van der Waals surface area contributed by atoms with Gasteiger partial charge in [-0.1, -0.05) is 13.8 Å². The van der Waals surface area contributed by atoms with Crippen molar-refractivity contribution in [3.63, 3.8) is 0 Å². The van der Waals surface area contributed by atoms with Gasteiger partial charge in [0.15, 0.2) is 0 Å². The van der Waals surface area contributed by atoms with Crippen LogP contribution in [0.1, 0.15) is 27.7 Å². The number of nitrogens with two attached hydrogens (primary N) is 1. The molecule has 104 valence electrons. The number of hydrogen-bond donors (Lipinski definition) is 1. The van der Waals surface area contributed by atoms with E-state index in [1.807, 2.05) is 27.7 Å². The van der Waals surface area contributed by atoms with Crippen molar-refractivity contribution < 1.29 is 18.5 Å². The molecule has 0 aromatic rings. The Labute approximate surface area is 112 Å². The summed E-state index contributed by atoms with van der Waals surface area (Å²) in [4.78, 5) is 0. The molecule has 0 bridgehead atoms. The molecule has 2 radical (unpaired) electrons. The van der Waals surface area contributed by atoms with Crippen LogP contribution in [0.15, 0.2) is 0 Å². The van der Waals surface area contributed by atoms with Crippen molar-refractivity contribution in [3.05, 3.63) is 0 Å². The van der Waals surface area contributed by atoms with Gasteiger partial charge < -0.3 is 18.5 Å². The van der Waals surface area contributed by atoms with Crippen LogP contribution in [0.4, 0.5) is 0 Å². The lowest BCUT2D eigenvalue weighted by molar-refractivity contribution is -0.134. The molecule has 0 amide bonds. The fraction of sp³-hybridized carbons (Fsp3) is 1.00. The van der Waals surface area contributed by atoms with Crippen molar-refractivity contribution in [2.45, 2.75) is 44.9 Å². The first kappa shape index (κ1) is 16.3. The zero-order valence-electron chi connectivity index (χ0n) is 12.0. The summed E-state index contributed by atoms with van der Waals surface area (Å²) in [5, 5.41) is 0. The largest absolute Gasteiger partial charge is 0.382 e. The van der Waals surface area contributed by atoms with Crippen molar-refractivity contribution in [2.24, 2.45) is 10.9 Å². The lowest BCUT2D eigenvalue weighted by Crippen LogP contribution is -2.57. The Morgan fingerprint density at radius 1 is 1.28 bits per heavy atom. The summed E-state index contributed by atoms with van der Waals surface area (Å²) in [7, 11) is 7.74. The SMILES string of the molecule is [B]C1OC(C)(COC)C(C)(OP(N)OC)C1(C)C. The highest BCUT2D eigenvalue weighted by Crippen LogP contribution is 2.57. The van der Waals surface area contributed by atoms with Gasteiger partial charge in [0.2, 0.25) is 0 Å². The van der Waals surface area contributed by atoms with E-state index in [0.29, 0.717) is 6.61 Å². The van der Waals surface area contributed by atoms with Crippen molar-refractivity contribution >= 4 is 16.4 Å². The van der Waals surface area contributed by atoms with Gasteiger partial charge in [-0.05, 0) is 13.8 Å². The first-order valence-electron chi connectivity index (χ1n) is 5.85. The first-order valence-corrected chi connectivity index (χ1v) is 7.09. The van der Waals surface area contributed by atoms with Crippen LogP contribution in [0.25, 0.3) is 0 Å². The van der Waals surface area contributed by atoms with Crippen LogP contribution >= 0.6 is 8.53 Å². The van der Waals surface area contributed by atoms with E-state index in [-0.39, 0.29) is 0 Å². The van der Waals surface area contributed by atoms with Crippen LogP contribution in [0.3, 0.4) is 0 Å². The third-order valence-corrected chi connectivity index (χ3v) is 5.11. The summed E-state index contributed by atoms with van der Waals surface area (Å²) in [6, 6.07) is -0.456. The van der Waals surface area contributed by atoms with Crippen LogP contribution in [-0.2, 0) is 18.5 Å². The average molecular weight is 275 g/mol. The van der Waals surface area contributed by atoms with Crippen LogP contribution in [0, 0.1) is 5.41 Å². The maximum atomic E-state index is 6.08. The second kappa shape index (κ2) is 5.35. The molecule has 1 saturated heterocycles. The monoisotopic (exact) mass is 275 g/mol. The fourth-order valence-electron chi connectivity index (χ4n) is 2.37.